The Balaban J connectivity index is 1.75. The van der Waals surface area contributed by atoms with Crippen molar-refractivity contribution in [3.63, 3.8) is 0 Å². The SMILES string of the molecule is CCCNC(c1cncc(C)c1)C1CN2CCCC2CO1. The van der Waals surface area contributed by atoms with Crippen LogP contribution >= 0.6 is 0 Å². The molecule has 4 nitrogen and oxygen atoms in total. The Morgan fingerprint density at radius 1 is 1.48 bits per heavy atom. The second-order valence-corrected chi connectivity index (χ2v) is 6.39. The van der Waals surface area contributed by atoms with E-state index in [1.165, 1.54) is 30.5 Å². The second kappa shape index (κ2) is 6.86. The molecule has 1 N–H and O–H groups in total. The highest BCUT2D eigenvalue weighted by Gasteiger charge is 2.36. The summed E-state index contributed by atoms with van der Waals surface area (Å²) in [7, 11) is 0. The van der Waals surface area contributed by atoms with Crippen molar-refractivity contribution < 1.29 is 4.74 Å². The number of fused-ring (bicyclic) bond motifs is 1. The molecule has 3 unspecified atom stereocenters. The quantitative estimate of drug-likeness (QED) is 0.902. The van der Waals surface area contributed by atoms with Crippen LogP contribution < -0.4 is 5.32 Å². The Labute approximate surface area is 127 Å². The van der Waals surface area contributed by atoms with Crippen molar-refractivity contribution in [1.29, 1.82) is 0 Å². The Bertz CT molecular complexity index is 465. The van der Waals surface area contributed by atoms with Gasteiger partial charge in [0.05, 0.1) is 18.8 Å². The van der Waals surface area contributed by atoms with Crippen LogP contribution in [0.5, 0.6) is 0 Å². The summed E-state index contributed by atoms with van der Waals surface area (Å²) in [4.78, 5) is 6.97. The third kappa shape index (κ3) is 3.44. The second-order valence-electron chi connectivity index (χ2n) is 6.39. The maximum atomic E-state index is 6.21. The van der Waals surface area contributed by atoms with Crippen molar-refractivity contribution in [3.05, 3.63) is 29.6 Å². The Morgan fingerprint density at radius 2 is 2.38 bits per heavy atom. The molecular weight excluding hydrogens is 262 g/mol. The summed E-state index contributed by atoms with van der Waals surface area (Å²) in [5.74, 6) is 0. The number of aromatic nitrogens is 1. The van der Waals surface area contributed by atoms with Crippen molar-refractivity contribution >= 4 is 0 Å². The molecule has 0 aromatic carbocycles. The molecule has 0 bridgehead atoms. The van der Waals surface area contributed by atoms with E-state index in [4.69, 9.17) is 4.74 Å². The number of pyridine rings is 1. The summed E-state index contributed by atoms with van der Waals surface area (Å²) < 4.78 is 6.21. The lowest BCUT2D eigenvalue weighted by atomic mass is 9.99. The van der Waals surface area contributed by atoms with Crippen molar-refractivity contribution in [3.8, 4) is 0 Å². The lowest BCUT2D eigenvalue weighted by Crippen LogP contribution is -2.50. The first kappa shape index (κ1) is 14.9. The molecule has 3 atom stereocenters. The lowest BCUT2D eigenvalue weighted by Gasteiger charge is -2.39. The molecule has 2 aliphatic rings. The first-order valence-electron chi connectivity index (χ1n) is 8.28. The normalized spacial score (nSPS) is 27.5. The van der Waals surface area contributed by atoms with Crippen LogP contribution in [0.3, 0.4) is 0 Å². The predicted molar refractivity (Wildman–Crippen MR) is 84.3 cm³/mol. The van der Waals surface area contributed by atoms with E-state index in [-0.39, 0.29) is 12.1 Å². The number of hydrogen-bond acceptors (Lipinski definition) is 4. The summed E-state index contributed by atoms with van der Waals surface area (Å²) in [6.45, 7) is 8.48. The zero-order valence-electron chi connectivity index (χ0n) is 13.2. The molecule has 2 aliphatic heterocycles. The van der Waals surface area contributed by atoms with Crippen molar-refractivity contribution in [2.75, 3.05) is 26.2 Å². The lowest BCUT2D eigenvalue weighted by molar-refractivity contribution is -0.0652. The molecule has 3 heterocycles. The number of rotatable bonds is 5. The van der Waals surface area contributed by atoms with Gasteiger partial charge in [-0.25, -0.2) is 0 Å². The van der Waals surface area contributed by atoms with Crippen molar-refractivity contribution in [1.82, 2.24) is 15.2 Å². The van der Waals surface area contributed by atoms with E-state index in [2.05, 4.69) is 35.1 Å². The maximum Gasteiger partial charge on any atom is 0.0897 e. The first-order chi connectivity index (χ1) is 10.3. The van der Waals surface area contributed by atoms with Crippen LogP contribution in [0.2, 0.25) is 0 Å². The molecule has 0 amide bonds. The predicted octanol–water partition coefficient (Wildman–Crippen LogP) is 2.29. The fourth-order valence-electron chi connectivity index (χ4n) is 3.56. The van der Waals surface area contributed by atoms with E-state index < -0.39 is 0 Å². The minimum absolute atomic E-state index is 0.231. The fraction of sp³-hybridized carbons (Fsp3) is 0.706. The van der Waals surface area contributed by atoms with Crippen molar-refractivity contribution in [2.24, 2.45) is 0 Å². The smallest absolute Gasteiger partial charge is 0.0897 e. The van der Waals surface area contributed by atoms with Crippen LogP contribution in [0, 0.1) is 6.92 Å². The molecule has 3 rings (SSSR count). The number of aryl methyl sites for hydroxylation is 1. The summed E-state index contributed by atoms with van der Waals surface area (Å²) in [6, 6.07) is 3.14. The molecule has 0 saturated carbocycles. The molecule has 4 heteroatoms. The molecule has 2 saturated heterocycles. The van der Waals surface area contributed by atoms with Gasteiger partial charge in [0.1, 0.15) is 0 Å². The molecule has 0 radical (unpaired) electrons. The number of ether oxygens (including phenoxy) is 1. The van der Waals surface area contributed by atoms with Gasteiger partial charge in [-0.05, 0) is 50.4 Å². The highest BCUT2D eigenvalue weighted by atomic mass is 16.5. The van der Waals surface area contributed by atoms with Gasteiger partial charge in [-0.3, -0.25) is 9.88 Å². The molecule has 0 spiro atoms. The van der Waals surface area contributed by atoms with Crippen molar-refractivity contribution in [2.45, 2.75) is 51.3 Å². The maximum absolute atomic E-state index is 6.21. The monoisotopic (exact) mass is 289 g/mol. The van der Waals surface area contributed by atoms with E-state index in [0.717, 1.165) is 26.1 Å². The van der Waals surface area contributed by atoms with Gasteiger partial charge in [0.25, 0.3) is 0 Å². The number of nitrogens with zero attached hydrogens (tertiary/aromatic N) is 2. The van der Waals surface area contributed by atoms with Crippen LogP contribution in [0.25, 0.3) is 0 Å². The third-order valence-electron chi connectivity index (χ3n) is 4.66. The Kier molecular flexibility index (Phi) is 4.88. The molecule has 21 heavy (non-hydrogen) atoms. The van der Waals surface area contributed by atoms with E-state index >= 15 is 0 Å². The number of morpholine rings is 1. The molecule has 1 aromatic heterocycles. The molecule has 2 fully saturated rings. The van der Waals surface area contributed by atoms with Gasteiger partial charge in [-0.1, -0.05) is 13.0 Å². The minimum atomic E-state index is 0.231. The zero-order chi connectivity index (χ0) is 14.7. The van der Waals surface area contributed by atoms with Crippen LogP contribution in [0.1, 0.15) is 43.4 Å². The highest BCUT2D eigenvalue weighted by Crippen LogP contribution is 2.28. The number of nitrogens with one attached hydrogen (secondary N) is 1. The van der Waals surface area contributed by atoms with E-state index in [9.17, 15) is 0 Å². The molecule has 0 aliphatic carbocycles. The standard InChI is InChI=1S/C17H27N3O/c1-3-6-19-17(14-8-13(2)9-18-10-14)16-11-20-7-4-5-15(20)12-21-16/h8-10,15-17,19H,3-7,11-12H2,1-2H3. The average molecular weight is 289 g/mol. The minimum Gasteiger partial charge on any atom is -0.373 e. The first-order valence-corrected chi connectivity index (χ1v) is 8.28. The average Bonchev–Trinajstić information content (AvgIpc) is 2.95. The largest absolute Gasteiger partial charge is 0.373 e. The van der Waals surface area contributed by atoms with Gasteiger partial charge < -0.3 is 10.1 Å². The third-order valence-corrected chi connectivity index (χ3v) is 4.66. The van der Waals surface area contributed by atoms with Gasteiger partial charge in [-0.2, -0.15) is 0 Å². The van der Waals surface area contributed by atoms with Gasteiger partial charge in [0, 0.05) is 25.0 Å². The summed E-state index contributed by atoms with van der Waals surface area (Å²) >= 11 is 0. The van der Waals surface area contributed by atoms with E-state index in [1.54, 1.807) is 0 Å². The summed E-state index contributed by atoms with van der Waals surface area (Å²) in [5, 5.41) is 3.67. The fourth-order valence-corrected chi connectivity index (χ4v) is 3.56. The molecule has 1 aromatic rings. The van der Waals surface area contributed by atoms with Crippen LogP contribution in [0.15, 0.2) is 18.5 Å². The molecular formula is C17H27N3O. The number of hydrogen-bond donors (Lipinski definition) is 1. The van der Waals surface area contributed by atoms with Crippen LogP contribution in [0.4, 0.5) is 0 Å². The van der Waals surface area contributed by atoms with Gasteiger partial charge in [-0.15, -0.1) is 0 Å². The highest BCUT2D eigenvalue weighted by molar-refractivity contribution is 5.21. The van der Waals surface area contributed by atoms with Crippen LogP contribution in [-0.4, -0.2) is 48.3 Å². The van der Waals surface area contributed by atoms with Gasteiger partial charge in [0.15, 0.2) is 0 Å². The summed E-state index contributed by atoms with van der Waals surface area (Å²) in [5.41, 5.74) is 2.47. The van der Waals surface area contributed by atoms with Gasteiger partial charge in [0.2, 0.25) is 0 Å². The summed E-state index contributed by atoms with van der Waals surface area (Å²) in [6.07, 6.45) is 7.88. The Hall–Kier alpha value is -0.970. The topological polar surface area (TPSA) is 37.4 Å². The molecule has 116 valence electrons. The van der Waals surface area contributed by atoms with E-state index in [1.807, 2.05) is 12.4 Å². The van der Waals surface area contributed by atoms with E-state index in [0.29, 0.717) is 6.04 Å². The van der Waals surface area contributed by atoms with Crippen LogP contribution in [-0.2, 0) is 4.74 Å². The zero-order valence-corrected chi connectivity index (χ0v) is 13.2. The Morgan fingerprint density at radius 3 is 3.19 bits per heavy atom. The van der Waals surface area contributed by atoms with Gasteiger partial charge >= 0.3 is 0 Å².